The van der Waals surface area contributed by atoms with Gasteiger partial charge in [-0.15, -0.1) is 0 Å². The van der Waals surface area contributed by atoms with Gasteiger partial charge < -0.3 is 10.2 Å². The minimum absolute atomic E-state index is 0.115. The van der Waals surface area contributed by atoms with Gasteiger partial charge in [-0.05, 0) is 30.7 Å². The van der Waals surface area contributed by atoms with E-state index < -0.39 is 11.7 Å². The number of aryl methyl sites for hydroxylation is 2. The number of hydrogen-bond acceptors (Lipinski definition) is 3. The van der Waals surface area contributed by atoms with Crippen molar-refractivity contribution in [2.45, 2.75) is 26.1 Å². The quantitative estimate of drug-likeness (QED) is 0.908. The van der Waals surface area contributed by atoms with Crippen molar-refractivity contribution in [2.24, 2.45) is 0 Å². The van der Waals surface area contributed by atoms with Gasteiger partial charge in [0.1, 0.15) is 0 Å². The van der Waals surface area contributed by atoms with E-state index in [2.05, 4.69) is 10.4 Å². The van der Waals surface area contributed by atoms with Gasteiger partial charge in [0, 0.05) is 33.3 Å². The minimum Gasteiger partial charge on any atom is -0.376 e. The summed E-state index contributed by atoms with van der Waals surface area (Å²) in [5, 5.41) is 6.63. The van der Waals surface area contributed by atoms with Gasteiger partial charge >= 0.3 is 6.18 Å². The van der Waals surface area contributed by atoms with Crippen LogP contribution in [0, 0.1) is 6.92 Å². The number of alkyl halides is 3. The molecule has 2 rings (SSSR count). The fourth-order valence-corrected chi connectivity index (χ4v) is 2.22. The summed E-state index contributed by atoms with van der Waals surface area (Å²) in [6.07, 6.45) is -0.876. The van der Waals surface area contributed by atoms with Crippen molar-refractivity contribution in [3.05, 3.63) is 41.7 Å². The number of halogens is 3. The third-order valence-corrected chi connectivity index (χ3v) is 3.41. The fraction of sp³-hybridized carbons (Fsp3) is 0.375. The number of carbonyl (C=O) groups is 1. The molecule has 1 amide bonds. The first-order chi connectivity index (χ1) is 11.2. The van der Waals surface area contributed by atoms with E-state index in [9.17, 15) is 18.0 Å². The first kappa shape index (κ1) is 17.8. The molecule has 5 nitrogen and oxygen atoms in total. The van der Waals surface area contributed by atoms with Crippen molar-refractivity contribution in [1.29, 1.82) is 0 Å². The zero-order valence-electron chi connectivity index (χ0n) is 13.7. The van der Waals surface area contributed by atoms with Crippen molar-refractivity contribution >= 4 is 17.3 Å². The topological polar surface area (TPSA) is 50.2 Å². The summed E-state index contributed by atoms with van der Waals surface area (Å²) in [7, 11) is 3.40. The maximum absolute atomic E-state index is 12.9. The highest BCUT2D eigenvalue weighted by atomic mass is 19.4. The van der Waals surface area contributed by atoms with Gasteiger partial charge in [0.2, 0.25) is 5.91 Å². The Balaban J connectivity index is 2.12. The molecule has 0 atom stereocenters. The Kier molecular flexibility index (Phi) is 5.16. The molecule has 1 aromatic carbocycles. The highest BCUT2D eigenvalue weighted by Crippen LogP contribution is 2.34. The summed E-state index contributed by atoms with van der Waals surface area (Å²) in [6, 6.07) is 3.29. The van der Waals surface area contributed by atoms with Crippen LogP contribution in [0.3, 0.4) is 0 Å². The van der Waals surface area contributed by atoms with Crippen molar-refractivity contribution in [1.82, 2.24) is 9.78 Å². The monoisotopic (exact) mass is 340 g/mol. The Bertz CT molecular complexity index is 722. The molecule has 1 heterocycles. The second-order valence-corrected chi connectivity index (χ2v) is 5.70. The molecule has 0 radical (unpaired) electrons. The summed E-state index contributed by atoms with van der Waals surface area (Å²) in [5.41, 5.74) is 0.817. The van der Waals surface area contributed by atoms with Crippen LogP contribution in [0.15, 0.2) is 30.6 Å². The number of nitrogens with one attached hydrogen (secondary N) is 1. The zero-order valence-corrected chi connectivity index (χ0v) is 13.7. The first-order valence-electron chi connectivity index (χ1n) is 7.34. The van der Waals surface area contributed by atoms with Crippen LogP contribution in [0.5, 0.6) is 0 Å². The van der Waals surface area contributed by atoms with Crippen LogP contribution in [0.4, 0.5) is 24.5 Å². The molecule has 130 valence electrons. The predicted octanol–water partition coefficient (Wildman–Crippen LogP) is 3.31. The molecule has 0 aliphatic carbocycles. The van der Waals surface area contributed by atoms with Crippen LogP contribution >= 0.6 is 0 Å². The molecule has 1 aromatic heterocycles. The van der Waals surface area contributed by atoms with E-state index in [0.717, 1.165) is 17.7 Å². The van der Waals surface area contributed by atoms with Crippen LogP contribution in [0.25, 0.3) is 0 Å². The smallest absolute Gasteiger partial charge is 0.376 e. The Hall–Kier alpha value is -2.51. The maximum atomic E-state index is 12.9. The molecule has 0 fully saturated rings. The van der Waals surface area contributed by atoms with Gasteiger partial charge in [-0.1, -0.05) is 0 Å². The summed E-state index contributed by atoms with van der Waals surface area (Å²) >= 11 is 0. The van der Waals surface area contributed by atoms with Gasteiger partial charge in [-0.2, -0.15) is 18.3 Å². The third kappa shape index (κ3) is 4.50. The van der Waals surface area contributed by atoms with Gasteiger partial charge in [-0.3, -0.25) is 9.48 Å². The molecule has 0 saturated carbocycles. The highest BCUT2D eigenvalue weighted by molar-refractivity contribution is 5.94. The molecule has 0 bridgehead atoms. The van der Waals surface area contributed by atoms with E-state index in [4.69, 9.17) is 0 Å². The molecule has 8 heteroatoms. The van der Waals surface area contributed by atoms with E-state index in [1.54, 1.807) is 36.1 Å². The van der Waals surface area contributed by atoms with Crippen LogP contribution in [-0.4, -0.2) is 29.8 Å². The Labute approximate surface area is 138 Å². The Morgan fingerprint density at radius 1 is 1.33 bits per heavy atom. The van der Waals surface area contributed by atoms with Crippen molar-refractivity contribution in [3.63, 3.8) is 0 Å². The number of hydrogen-bond donors (Lipinski definition) is 1. The van der Waals surface area contributed by atoms with E-state index in [0.29, 0.717) is 12.2 Å². The first-order valence-corrected chi connectivity index (χ1v) is 7.34. The second kappa shape index (κ2) is 6.94. The molecule has 24 heavy (non-hydrogen) atoms. The third-order valence-electron chi connectivity index (χ3n) is 3.41. The predicted molar refractivity (Wildman–Crippen MR) is 86.0 cm³/mol. The molecule has 1 N–H and O–H groups in total. The SMILES string of the molecule is Cc1cnn(CCC(=O)Nc2cc(C(F)(F)F)ccc2N(C)C)c1. The second-order valence-electron chi connectivity index (χ2n) is 5.70. The van der Waals surface area contributed by atoms with Crippen molar-refractivity contribution in [3.8, 4) is 0 Å². The highest BCUT2D eigenvalue weighted by Gasteiger charge is 2.31. The van der Waals surface area contributed by atoms with Crippen LogP contribution in [0.2, 0.25) is 0 Å². The average Bonchev–Trinajstić information content (AvgIpc) is 2.89. The standard InChI is InChI=1S/C16H19F3N4O/c1-11-9-20-23(10-11)7-6-15(24)21-13-8-12(16(17,18)19)4-5-14(13)22(2)3/h4-5,8-10H,6-7H2,1-3H3,(H,21,24). The van der Waals surface area contributed by atoms with E-state index >= 15 is 0 Å². The minimum atomic E-state index is -4.46. The lowest BCUT2D eigenvalue weighted by Gasteiger charge is -2.19. The number of rotatable bonds is 5. The fourth-order valence-electron chi connectivity index (χ4n) is 2.22. The van der Waals surface area contributed by atoms with E-state index in [-0.39, 0.29) is 18.0 Å². The van der Waals surface area contributed by atoms with Gasteiger partial charge in [0.15, 0.2) is 0 Å². The number of carbonyl (C=O) groups excluding carboxylic acids is 1. The molecule has 0 aliphatic rings. The Morgan fingerprint density at radius 2 is 2.04 bits per heavy atom. The van der Waals surface area contributed by atoms with Gasteiger partial charge in [-0.25, -0.2) is 0 Å². The average molecular weight is 340 g/mol. The number of aromatic nitrogens is 2. The maximum Gasteiger partial charge on any atom is 0.416 e. The summed E-state index contributed by atoms with van der Waals surface area (Å²) in [4.78, 5) is 13.7. The van der Waals surface area contributed by atoms with Crippen LogP contribution < -0.4 is 10.2 Å². The summed E-state index contributed by atoms with van der Waals surface area (Å²) in [5.74, 6) is -0.370. The lowest BCUT2D eigenvalue weighted by molar-refractivity contribution is -0.137. The molecular weight excluding hydrogens is 321 g/mol. The van der Waals surface area contributed by atoms with Gasteiger partial charge in [0.25, 0.3) is 0 Å². The lowest BCUT2D eigenvalue weighted by Crippen LogP contribution is -2.19. The lowest BCUT2D eigenvalue weighted by atomic mass is 10.1. The van der Waals surface area contributed by atoms with E-state index in [1.807, 2.05) is 6.92 Å². The molecule has 0 unspecified atom stereocenters. The number of benzene rings is 1. The molecule has 0 aliphatic heterocycles. The number of nitrogens with zero attached hydrogens (tertiary/aromatic N) is 3. The van der Waals surface area contributed by atoms with Crippen LogP contribution in [-0.2, 0) is 17.5 Å². The van der Waals surface area contributed by atoms with Crippen molar-refractivity contribution < 1.29 is 18.0 Å². The van der Waals surface area contributed by atoms with Crippen LogP contribution in [0.1, 0.15) is 17.5 Å². The number of amides is 1. The molecular formula is C16H19F3N4O. The van der Waals surface area contributed by atoms with E-state index in [1.165, 1.54) is 6.07 Å². The molecule has 0 spiro atoms. The molecule has 2 aromatic rings. The molecule has 0 saturated heterocycles. The van der Waals surface area contributed by atoms with Crippen molar-refractivity contribution in [2.75, 3.05) is 24.3 Å². The summed E-state index contributed by atoms with van der Waals surface area (Å²) < 4.78 is 40.2. The largest absolute Gasteiger partial charge is 0.416 e. The normalized spacial score (nSPS) is 11.4. The van der Waals surface area contributed by atoms with Gasteiger partial charge in [0.05, 0.1) is 23.1 Å². The Morgan fingerprint density at radius 3 is 2.58 bits per heavy atom. The number of anilines is 2. The zero-order chi connectivity index (χ0) is 17.9. The summed E-state index contributed by atoms with van der Waals surface area (Å²) in [6.45, 7) is 2.24.